The summed E-state index contributed by atoms with van der Waals surface area (Å²) < 4.78 is 74.0. The van der Waals surface area contributed by atoms with Crippen LogP contribution in [0.4, 0.5) is 24.7 Å². The quantitative estimate of drug-likeness (QED) is 0.570. The summed E-state index contributed by atoms with van der Waals surface area (Å²) in [6, 6.07) is 2.84. The zero-order chi connectivity index (χ0) is 24.5. The van der Waals surface area contributed by atoms with E-state index in [-0.39, 0.29) is 52.7 Å². The first kappa shape index (κ1) is 22.6. The third-order valence-electron chi connectivity index (χ3n) is 7.07. The van der Waals surface area contributed by atoms with Gasteiger partial charge in [0.15, 0.2) is 27.0 Å². The average Bonchev–Trinajstić information content (AvgIpc) is 3.48. The van der Waals surface area contributed by atoms with Crippen molar-refractivity contribution in [3.8, 4) is 5.82 Å². The Morgan fingerprint density at radius 3 is 2.57 bits per heavy atom. The third-order valence-corrected chi connectivity index (χ3v) is 8.87. The summed E-state index contributed by atoms with van der Waals surface area (Å²) in [5, 5.41) is 10.3. The number of morpholine rings is 1. The molecule has 0 spiro atoms. The van der Waals surface area contributed by atoms with Crippen LogP contribution in [0.25, 0.3) is 16.9 Å². The fourth-order valence-corrected chi connectivity index (χ4v) is 7.09. The number of aromatic amines is 1. The highest BCUT2D eigenvalue weighted by atomic mass is 32.2. The molecule has 3 aromatic heterocycles. The van der Waals surface area contributed by atoms with Crippen LogP contribution in [0.2, 0.25) is 0 Å². The lowest BCUT2D eigenvalue weighted by Gasteiger charge is -2.38. The van der Waals surface area contributed by atoms with Crippen LogP contribution in [0.3, 0.4) is 0 Å². The molecule has 188 valence electrons. The van der Waals surface area contributed by atoms with Crippen LogP contribution in [0.15, 0.2) is 18.3 Å². The molecule has 0 aliphatic carbocycles. The maximum Gasteiger partial charge on any atom is 0.435 e. The minimum absolute atomic E-state index is 0.0422. The largest absolute Gasteiger partial charge is 0.435 e. The van der Waals surface area contributed by atoms with Crippen LogP contribution in [0, 0.1) is 0 Å². The molecule has 10 nitrogen and oxygen atoms in total. The van der Waals surface area contributed by atoms with E-state index in [1.165, 1.54) is 12.3 Å². The minimum Gasteiger partial charge on any atom is -0.377 e. The van der Waals surface area contributed by atoms with E-state index in [2.05, 4.69) is 20.2 Å². The molecule has 0 radical (unpaired) electrons. The first-order valence-electron chi connectivity index (χ1n) is 11.5. The van der Waals surface area contributed by atoms with Crippen molar-refractivity contribution in [2.45, 2.75) is 44.1 Å². The summed E-state index contributed by atoms with van der Waals surface area (Å²) in [4.78, 5) is 8.59. The number of aromatic nitrogens is 5. The second-order valence-corrected chi connectivity index (χ2v) is 11.6. The highest BCUT2D eigenvalue weighted by molar-refractivity contribution is 7.91. The molecule has 2 bridgehead atoms. The predicted molar refractivity (Wildman–Crippen MR) is 122 cm³/mol. The van der Waals surface area contributed by atoms with Gasteiger partial charge < -0.3 is 14.5 Å². The van der Waals surface area contributed by atoms with Crippen molar-refractivity contribution < 1.29 is 26.3 Å². The summed E-state index contributed by atoms with van der Waals surface area (Å²) in [7, 11) is -3.27. The Balaban J connectivity index is 1.62. The summed E-state index contributed by atoms with van der Waals surface area (Å²) in [6.45, 7) is 2.85. The van der Waals surface area contributed by atoms with Gasteiger partial charge in [-0.15, -0.1) is 0 Å². The molecule has 3 atom stereocenters. The number of pyridine rings is 1. The number of nitrogens with zero attached hydrogens (tertiary/aromatic N) is 6. The molecular formula is C21H24F3N7O3S. The van der Waals surface area contributed by atoms with Gasteiger partial charge in [0.2, 0.25) is 0 Å². The number of ether oxygens (including phenoxy) is 1. The molecule has 3 aliphatic rings. The molecule has 6 heterocycles. The van der Waals surface area contributed by atoms with Crippen molar-refractivity contribution in [3.63, 3.8) is 0 Å². The van der Waals surface area contributed by atoms with Crippen molar-refractivity contribution >= 4 is 32.4 Å². The molecule has 3 aromatic rings. The molecule has 3 saturated heterocycles. The lowest BCUT2D eigenvalue weighted by Crippen LogP contribution is -2.48. The first-order valence-corrected chi connectivity index (χ1v) is 13.3. The molecule has 0 saturated carbocycles. The molecule has 3 aliphatic heterocycles. The van der Waals surface area contributed by atoms with Crippen LogP contribution in [0.5, 0.6) is 0 Å². The Morgan fingerprint density at radius 2 is 1.94 bits per heavy atom. The smallest absolute Gasteiger partial charge is 0.377 e. The number of nitrogens with one attached hydrogen (secondary N) is 1. The molecular weight excluding hydrogens is 487 g/mol. The standard InChI is InChI=1S/C21H24F3N7O3S/c1-12-11-35(32,33)7-6-29(12)15-8-17(30-13-2-3-14(30)10-34-9-13)26-20-18(15)19(21(22,23)24)28-31(20)16-4-5-25-27-16/h4-5,8,12-14H,2-3,6-7,9-11H2,1H3,(H,25,27). The summed E-state index contributed by atoms with van der Waals surface area (Å²) in [5.74, 6) is 0.527. The Morgan fingerprint density at radius 1 is 1.20 bits per heavy atom. The zero-order valence-electron chi connectivity index (χ0n) is 18.9. The van der Waals surface area contributed by atoms with Crippen molar-refractivity contribution in [1.29, 1.82) is 0 Å². The summed E-state index contributed by atoms with van der Waals surface area (Å²) in [5.41, 5.74) is -0.737. The van der Waals surface area contributed by atoms with Crippen LogP contribution < -0.4 is 9.80 Å². The van der Waals surface area contributed by atoms with Crippen molar-refractivity contribution in [2.75, 3.05) is 41.1 Å². The number of hydrogen-bond acceptors (Lipinski definition) is 8. The maximum atomic E-state index is 14.3. The number of fused-ring (bicyclic) bond motifs is 3. The zero-order valence-corrected chi connectivity index (χ0v) is 19.7. The monoisotopic (exact) mass is 511 g/mol. The van der Waals surface area contributed by atoms with Gasteiger partial charge >= 0.3 is 6.18 Å². The highest BCUT2D eigenvalue weighted by Crippen LogP contribution is 2.43. The fourth-order valence-electron chi connectivity index (χ4n) is 5.53. The molecule has 1 N–H and O–H groups in total. The van der Waals surface area contributed by atoms with Gasteiger partial charge in [-0.1, -0.05) is 0 Å². The normalized spacial score (nSPS) is 26.6. The molecule has 14 heteroatoms. The van der Waals surface area contributed by atoms with Crippen LogP contribution >= 0.6 is 0 Å². The van der Waals surface area contributed by atoms with Crippen LogP contribution in [0.1, 0.15) is 25.5 Å². The van der Waals surface area contributed by atoms with E-state index in [9.17, 15) is 21.6 Å². The van der Waals surface area contributed by atoms with E-state index >= 15 is 0 Å². The molecule has 3 unspecified atom stereocenters. The van der Waals surface area contributed by atoms with Gasteiger partial charge in [0.1, 0.15) is 5.82 Å². The van der Waals surface area contributed by atoms with Crippen molar-refractivity contribution in [1.82, 2.24) is 25.0 Å². The van der Waals surface area contributed by atoms with Gasteiger partial charge in [-0.05, 0) is 19.8 Å². The number of anilines is 2. The van der Waals surface area contributed by atoms with Crippen LogP contribution in [-0.4, -0.2) is 82.8 Å². The molecule has 35 heavy (non-hydrogen) atoms. The Hall–Kier alpha value is -2.87. The molecule has 0 amide bonds. The molecule has 0 aromatic carbocycles. The minimum atomic E-state index is -4.75. The van der Waals surface area contributed by atoms with Gasteiger partial charge in [0.25, 0.3) is 0 Å². The van der Waals surface area contributed by atoms with Crippen LogP contribution in [-0.2, 0) is 20.8 Å². The Labute approximate surface area is 199 Å². The summed E-state index contributed by atoms with van der Waals surface area (Å²) in [6.07, 6.45) is -1.50. The van der Waals surface area contributed by atoms with E-state index < -0.39 is 27.7 Å². The highest BCUT2D eigenvalue weighted by Gasteiger charge is 2.43. The second-order valence-electron chi connectivity index (χ2n) is 9.38. The molecule has 6 rings (SSSR count). The Bertz CT molecular complexity index is 1360. The lowest BCUT2D eigenvalue weighted by atomic mass is 10.1. The number of H-pyrrole nitrogens is 1. The molecule has 3 fully saturated rings. The van der Waals surface area contributed by atoms with E-state index in [1.54, 1.807) is 17.9 Å². The SMILES string of the molecule is CC1CS(=O)(=O)CCN1c1cc(N2C3CCC2COC3)nc2c1c(C(F)(F)F)nn2-c1ccn[nH]1. The number of hydrogen-bond donors (Lipinski definition) is 1. The summed E-state index contributed by atoms with van der Waals surface area (Å²) >= 11 is 0. The van der Waals surface area contributed by atoms with Gasteiger partial charge in [-0.3, -0.25) is 5.10 Å². The average molecular weight is 512 g/mol. The van der Waals surface area contributed by atoms with Gasteiger partial charge in [0, 0.05) is 24.7 Å². The maximum absolute atomic E-state index is 14.3. The number of alkyl halides is 3. The van der Waals surface area contributed by atoms with Gasteiger partial charge in [-0.2, -0.15) is 28.1 Å². The Kier molecular flexibility index (Phi) is 5.04. The number of rotatable bonds is 3. The second kappa shape index (κ2) is 7.82. The van der Waals surface area contributed by atoms with E-state index in [0.29, 0.717) is 19.0 Å². The van der Waals surface area contributed by atoms with Crippen molar-refractivity contribution in [2.24, 2.45) is 0 Å². The third kappa shape index (κ3) is 3.73. The first-order chi connectivity index (χ1) is 16.6. The van der Waals surface area contributed by atoms with E-state index in [1.807, 2.05) is 0 Å². The van der Waals surface area contributed by atoms with E-state index in [4.69, 9.17) is 9.72 Å². The lowest BCUT2D eigenvalue weighted by molar-refractivity contribution is -0.140. The number of halogens is 3. The van der Waals surface area contributed by atoms with Gasteiger partial charge in [-0.25, -0.2) is 13.4 Å². The van der Waals surface area contributed by atoms with Crippen molar-refractivity contribution in [3.05, 3.63) is 24.0 Å². The van der Waals surface area contributed by atoms with E-state index in [0.717, 1.165) is 17.5 Å². The van der Waals surface area contributed by atoms with Gasteiger partial charge in [0.05, 0.1) is 54.1 Å². The topological polar surface area (TPSA) is 109 Å². The predicted octanol–water partition coefficient (Wildman–Crippen LogP) is 2.15. The number of sulfone groups is 1. The fraction of sp³-hybridized carbons (Fsp3) is 0.571.